The molecule has 1 fully saturated rings. The minimum atomic E-state index is -0.725. The highest BCUT2D eigenvalue weighted by atomic mass is 32.1. The van der Waals surface area contributed by atoms with Gasteiger partial charge in [0, 0.05) is 17.4 Å². The van der Waals surface area contributed by atoms with Crippen molar-refractivity contribution in [2.45, 2.75) is 25.8 Å². The second-order valence-corrected chi connectivity index (χ2v) is 7.13. The Kier molecular flexibility index (Phi) is 6.61. The second-order valence-electron chi connectivity index (χ2n) is 6.25. The van der Waals surface area contributed by atoms with Crippen molar-refractivity contribution in [1.82, 2.24) is 5.32 Å². The maximum Gasteiger partial charge on any atom is 0.341 e. The van der Waals surface area contributed by atoms with E-state index >= 15 is 0 Å². The van der Waals surface area contributed by atoms with Crippen molar-refractivity contribution in [2.75, 3.05) is 18.5 Å². The predicted octanol–water partition coefficient (Wildman–Crippen LogP) is 2.35. The molecule has 9 heteroatoms. The summed E-state index contributed by atoms with van der Waals surface area (Å²) in [5, 5.41) is 7.17. The fourth-order valence-corrected chi connectivity index (χ4v) is 3.85. The van der Waals surface area contributed by atoms with Crippen molar-refractivity contribution in [2.24, 2.45) is 0 Å². The molecule has 1 aliphatic heterocycles. The van der Waals surface area contributed by atoms with Crippen LogP contribution in [0.25, 0.3) is 11.1 Å². The molecule has 0 bridgehead atoms. The number of benzene rings is 1. The Morgan fingerprint density at radius 1 is 1.21 bits per heavy atom. The van der Waals surface area contributed by atoms with E-state index in [9.17, 15) is 19.2 Å². The summed E-state index contributed by atoms with van der Waals surface area (Å²) in [6.07, 6.45) is 0.601. The molecule has 2 amide bonds. The molecule has 0 aliphatic carbocycles. The van der Waals surface area contributed by atoms with Crippen LogP contribution in [0.2, 0.25) is 0 Å². The van der Waals surface area contributed by atoms with E-state index in [1.807, 2.05) is 30.3 Å². The number of anilines is 1. The summed E-state index contributed by atoms with van der Waals surface area (Å²) in [7, 11) is 0. The molecule has 152 valence electrons. The van der Waals surface area contributed by atoms with Crippen LogP contribution in [0.1, 0.15) is 30.1 Å². The Morgan fingerprint density at radius 2 is 1.97 bits per heavy atom. The van der Waals surface area contributed by atoms with E-state index in [0.29, 0.717) is 17.0 Å². The molecule has 3 rings (SSSR count). The molecule has 1 atom stereocenters. The molecule has 1 saturated heterocycles. The van der Waals surface area contributed by atoms with Crippen LogP contribution >= 0.6 is 11.3 Å². The highest BCUT2D eigenvalue weighted by Gasteiger charge is 2.29. The Morgan fingerprint density at radius 3 is 2.62 bits per heavy atom. The molecule has 1 aromatic carbocycles. The summed E-state index contributed by atoms with van der Waals surface area (Å²) in [5.74, 6) is -2.02. The van der Waals surface area contributed by atoms with Gasteiger partial charge in [-0.05, 0) is 18.9 Å². The monoisotopic (exact) mass is 416 g/mol. The topological polar surface area (TPSA) is 111 Å². The van der Waals surface area contributed by atoms with Gasteiger partial charge in [-0.3, -0.25) is 9.59 Å². The van der Waals surface area contributed by atoms with Crippen molar-refractivity contribution >= 4 is 40.1 Å². The van der Waals surface area contributed by atoms with Crippen LogP contribution < -0.4 is 10.6 Å². The largest absolute Gasteiger partial charge is 0.462 e. The third kappa shape index (κ3) is 5.00. The highest BCUT2D eigenvalue weighted by Crippen LogP contribution is 2.36. The molecule has 29 heavy (non-hydrogen) atoms. The first-order chi connectivity index (χ1) is 14.0. The zero-order chi connectivity index (χ0) is 20.8. The molecule has 0 unspecified atom stereocenters. The summed E-state index contributed by atoms with van der Waals surface area (Å²) >= 11 is 1.18. The van der Waals surface area contributed by atoms with Crippen LogP contribution in [0.5, 0.6) is 0 Å². The van der Waals surface area contributed by atoms with Crippen molar-refractivity contribution in [3.63, 3.8) is 0 Å². The van der Waals surface area contributed by atoms with Gasteiger partial charge in [-0.25, -0.2) is 9.59 Å². The van der Waals surface area contributed by atoms with Crippen molar-refractivity contribution < 1.29 is 28.7 Å². The van der Waals surface area contributed by atoms with Crippen LogP contribution in [0.15, 0.2) is 35.7 Å². The van der Waals surface area contributed by atoms with E-state index in [0.717, 1.165) is 5.56 Å². The van der Waals surface area contributed by atoms with E-state index in [-0.39, 0.29) is 24.5 Å². The number of carbonyl (C=O) groups excluding carboxylic acids is 4. The Labute approximate surface area is 171 Å². The maximum atomic E-state index is 12.5. The fourth-order valence-electron chi connectivity index (χ4n) is 2.88. The minimum absolute atomic E-state index is 0.195. The van der Waals surface area contributed by atoms with E-state index in [1.54, 1.807) is 12.3 Å². The van der Waals surface area contributed by atoms with Gasteiger partial charge in [0.1, 0.15) is 16.6 Å². The van der Waals surface area contributed by atoms with Gasteiger partial charge in [0.2, 0.25) is 5.91 Å². The Balaban J connectivity index is 1.70. The highest BCUT2D eigenvalue weighted by molar-refractivity contribution is 7.15. The van der Waals surface area contributed by atoms with Gasteiger partial charge < -0.3 is 20.1 Å². The number of hydrogen-bond acceptors (Lipinski definition) is 7. The third-order valence-corrected chi connectivity index (χ3v) is 5.13. The molecule has 0 saturated carbocycles. The molecule has 1 aromatic heterocycles. The maximum absolute atomic E-state index is 12.5. The van der Waals surface area contributed by atoms with Crippen molar-refractivity contribution in [3.8, 4) is 11.1 Å². The Hall–Kier alpha value is -3.20. The molecule has 1 aliphatic rings. The number of amides is 2. The molecule has 2 heterocycles. The minimum Gasteiger partial charge on any atom is -0.462 e. The number of rotatable bonds is 7. The summed E-state index contributed by atoms with van der Waals surface area (Å²) < 4.78 is 10.1. The van der Waals surface area contributed by atoms with E-state index in [2.05, 4.69) is 10.6 Å². The molecule has 0 radical (unpaired) electrons. The standard InChI is InChI=1S/C20H20N2O6S/c1-2-27-20(26)17-13(12-6-4-3-5-7-12)11-29-18(17)22-16(24)10-28-19(25)14-8-9-15(23)21-14/h3-7,11,14H,2,8-10H2,1H3,(H,21,23)(H,22,24)/t14-/m1/s1. The number of thiophene rings is 1. The lowest BCUT2D eigenvalue weighted by atomic mass is 10.0. The number of ether oxygens (including phenoxy) is 2. The van der Waals surface area contributed by atoms with Gasteiger partial charge in [0.15, 0.2) is 6.61 Å². The normalized spacial score (nSPS) is 15.5. The Bertz CT molecular complexity index is 924. The van der Waals surface area contributed by atoms with Gasteiger partial charge in [-0.2, -0.15) is 0 Å². The van der Waals surface area contributed by atoms with Gasteiger partial charge in [0.25, 0.3) is 5.91 Å². The van der Waals surface area contributed by atoms with Crippen LogP contribution in [0, 0.1) is 0 Å². The average Bonchev–Trinajstić information content (AvgIpc) is 3.33. The van der Waals surface area contributed by atoms with Gasteiger partial charge >= 0.3 is 11.9 Å². The van der Waals surface area contributed by atoms with Crippen molar-refractivity contribution in [1.29, 1.82) is 0 Å². The first-order valence-corrected chi connectivity index (χ1v) is 9.97. The lowest BCUT2D eigenvalue weighted by Crippen LogP contribution is -2.36. The number of carbonyl (C=O) groups is 4. The van der Waals surface area contributed by atoms with Crippen LogP contribution in [-0.2, 0) is 23.9 Å². The zero-order valence-electron chi connectivity index (χ0n) is 15.7. The smallest absolute Gasteiger partial charge is 0.341 e. The molecule has 0 spiro atoms. The quantitative estimate of drug-likeness (QED) is 0.671. The number of hydrogen-bond donors (Lipinski definition) is 2. The predicted molar refractivity (Wildman–Crippen MR) is 106 cm³/mol. The van der Waals surface area contributed by atoms with E-state index in [4.69, 9.17) is 9.47 Å². The molecule has 8 nitrogen and oxygen atoms in total. The number of esters is 2. The van der Waals surface area contributed by atoms with E-state index in [1.165, 1.54) is 11.3 Å². The van der Waals surface area contributed by atoms with E-state index < -0.39 is 30.5 Å². The van der Waals surface area contributed by atoms with Crippen molar-refractivity contribution in [3.05, 3.63) is 41.3 Å². The molecular formula is C20H20N2O6S. The molecule has 2 aromatic rings. The lowest BCUT2D eigenvalue weighted by molar-refractivity contribution is -0.149. The first kappa shape index (κ1) is 20.5. The average molecular weight is 416 g/mol. The summed E-state index contributed by atoms with van der Waals surface area (Å²) in [5.41, 5.74) is 1.72. The SMILES string of the molecule is CCOC(=O)c1c(-c2ccccc2)csc1NC(=O)COC(=O)[C@H]1CCC(=O)N1. The third-order valence-electron chi connectivity index (χ3n) is 4.23. The fraction of sp³-hybridized carbons (Fsp3) is 0.300. The summed E-state index contributed by atoms with van der Waals surface area (Å²) in [4.78, 5) is 47.8. The molecule has 2 N–H and O–H groups in total. The van der Waals surface area contributed by atoms with Crippen LogP contribution in [0.4, 0.5) is 5.00 Å². The zero-order valence-corrected chi connectivity index (χ0v) is 16.5. The molecular weight excluding hydrogens is 396 g/mol. The van der Waals surface area contributed by atoms with Gasteiger partial charge in [0.05, 0.1) is 6.61 Å². The lowest BCUT2D eigenvalue weighted by Gasteiger charge is -2.11. The van der Waals surface area contributed by atoms with Gasteiger partial charge in [-0.15, -0.1) is 11.3 Å². The summed E-state index contributed by atoms with van der Waals surface area (Å²) in [6, 6.07) is 8.55. The van der Waals surface area contributed by atoms with Crippen LogP contribution in [-0.4, -0.2) is 43.0 Å². The first-order valence-electron chi connectivity index (χ1n) is 9.09. The number of nitrogens with one attached hydrogen (secondary N) is 2. The summed E-state index contributed by atoms with van der Waals surface area (Å²) in [6.45, 7) is 1.37. The van der Waals surface area contributed by atoms with Gasteiger partial charge in [-0.1, -0.05) is 30.3 Å². The second kappa shape index (κ2) is 9.33. The van der Waals surface area contributed by atoms with Crippen LogP contribution in [0.3, 0.4) is 0 Å².